The van der Waals surface area contributed by atoms with E-state index in [2.05, 4.69) is 20.6 Å². The molecule has 0 aromatic carbocycles. The summed E-state index contributed by atoms with van der Waals surface area (Å²) in [6.45, 7) is 2.62. The monoisotopic (exact) mass is 244 g/mol. The lowest BCUT2D eigenvalue weighted by Gasteiger charge is -2.16. The van der Waals surface area contributed by atoms with Crippen molar-refractivity contribution in [3.05, 3.63) is 12.0 Å². The zero-order valence-electron chi connectivity index (χ0n) is 9.90. The van der Waals surface area contributed by atoms with Crippen LogP contribution in [-0.4, -0.2) is 48.0 Å². The van der Waals surface area contributed by atoms with Crippen molar-refractivity contribution in [2.45, 2.75) is 13.0 Å². The zero-order valence-corrected chi connectivity index (χ0v) is 9.90. The van der Waals surface area contributed by atoms with Crippen LogP contribution in [0, 0.1) is 5.82 Å². The van der Waals surface area contributed by atoms with Gasteiger partial charge in [-0.25, -0.2) is 9.37 Å². The molecule has 0 bridgehead atoms. The summed E-state index contributed by atoms with van der Waals surface area (Å²) in [5, 5.41) is 14.7. The van der Waals surface area contributed by atoms with Gasteiger partial charge in [-0.05, 0) is 6.92 Å². The fourth-order valence-electron chi connectivity index (χ4n) is 1.25. The van der Waals surface area contributed by atoms with Crippen molar-refractivity contribution < 1.29 is 14.2 Å². The molecular formula is C10H17FN4O2. The minimum absolute atomic E-state index is 0.0482. The number of aliphatic hydroxyl groups is 1. The van der Waals surface area contributed by atoms with E-state index >= 15 is 0 Å². The van der Waals surface area contributed by atoms with Crippen molar-refractivity contribution in [1.29, 1.82) is 0 Å². The van der Waals surface area contributed by atoms with Gasteiger partial charge in [-0.15, -0.1) is 0 Å². The van der Waals surface area contributed by atoms with E-state index in [9.17, 15) is 4.39 Å². The molecule has 17 heavy (non-hydrogen) atoms. The van der Waals surface area contributed by atoms with Gasteiger partial charge in [0.15, 0.2) is 11.6 Å². The van der Waals surface area contributed by atoms with E-state index in [0.29, 0.717) is 12.5 Å². The molecule has 1 atom stereocenters. The van der Waals surface area contributed by atoms with Crippen molar-refractivity contribution in [3.63, 3.8) is 0 Å². The van der Waals surface area contributed by atoms with Crippen molar-refractivity contribution >= 4 is 11.8 Å². The van der Waals surface area contributed by atoms with E-state index in [4.69, 9.17) is 9.84 Å². The van der Waals surface area contributed by atoms with Gasteiger partial charge in [0, 0.05) is 13.7 Å². The number of nitrogens with one attached hydrogen (secondary N) is 2. The molecule has 6 nitrogen and oxygen atoms in total. The van der Waals surface area contributed by atoms with E-state index < -0.39 is 11.9 Å². The van der Waals surface area contributed by atoms with Gasteiger partial charge in [0.2, 0.25) is 5.95 Å². The zero-order chi connectivity index (χ0) is 12.7. The van der Waals surface area contributed by atoms with Crippen LogP contribution in [-0.2, 0) is 4.74 Å². The summed E-state index contributed by atoms with van der Waals surface area (Å²) in [6.07, 6.45) is 1.08. The fourth-order valence-corrected chi connectivity index (χ4v) is 1.25. The molecule has 1 rings (SSSR count). The molecule has 0 amide bonds. The number of halogens is 1. The third kappa shape index (κ3) is 4.12. The number of methoxy groups -OCH3 is 1. The Labute approximate surface area is 99.2 Å². The van der Waals surface area contributed by atoms with E-state index in [1.807, 2.05) is 6.92 Å². The minimum atomic E-state index is -0.568. The Morgan fingerprint density at radius 1 is 1.59 bits per heavy atom. The van der Waals surface area contributed by atoms with Crippen molar-refractivity contribution in [1.82, 2.24) is 9.97 Å². The molecule has 1 aromatic heterocycles. The second kappa shape index (κ2) is 6.97. The molecule has 1 unspecified atom stereocenters. The second-order valence-electron chi connectivity index (χ2n) is 3.40. The first-order valence-corrected chi connectivity index (χ1v) is 5.34. The number of anilines is 2. The molecule has 3 N–H and O–H groups in total. The van der Waals surface area contributed by atoms with Gasteiger partial charge in [0.25, 0.3) is 0 Å². The summed E-state index contributed by atoms with van der Waals surface area (Å²) in [7, 11) is 1.50. The predicted octanol–water partition coefficient (Wildman–Crippen LogP) is 0.467. The smallest absolute Gasteiger partial charge is 0.224 e. The molecule has 1 heterocycles. The summed E-state index contributed by atoms with van der Waals surface area (Å²) < 4.78 is 18.3. The Balaban J connectivity index is 2.76. The second-order valence-corrected chi connectivity index (χ2v) is 3.40. The molecule has 0 radical (unpaired) electrons. The topological polar surface area (TPSA) is 79.3 Å². The molecule has 0 aliphatic rings. The van der Waals surface area contributed by atoms with Crippen LogP contribution in [0.1, 0.15) is 6.92 Å². The number of aromatic nitrogens is 2. The number of nitrogens with zero attached hydrogens (tertiary/aromatic N) is 2. The number of hydrogen-bond donors (Lipinski definition) is 3. The predicted molar refractivity (Wildman–Crippen MR) is 62.5 cm³/mol. The van der Waals surface area contributed by atoms with Crippen LogP contribution < -0.4 is 10.6 Å². The largest absolute Gasteiger partial charge is 0.394 e. The Hall–Kier alpha value is -1.47. The van der Waals surface area contributed by atoms with E-state index in [1.54, 1.807) is 0 Å². The summed E-state index contributed by atoms with van der Waals surface area (Å²) in [4.78, 5) is 7.73. The van der Waals surface area contributed by atoms with Crippen LogP contribution in [0.25, 0.3) is 0 Å². The Morgan fingerprint density at radius 3 is 2.94 bits per heavy atom. The average molecular weight is 244 g/mol. The van der Waals surface area contributed by atoms with Crippen LogP contribution >= 0.6 is 0 Å². The highest BCUT2D eigenvalue weighted by Gasteiger charge is 2.12. The fraction of sp³-hybridized carbons (Fsp3) is 0.600. The lowest BCUT2D eigenvalue weighted by atomic mass is 10.3. The summed E-state index contributed by atoms with van der Waals surface area (Å²) in [6, 6.07) is -0.404. The quantitative estimate of drug-likeness (QED) is 0.647. The summed E-state index contributed by atoms with van der Waals surface area (Å²) in [5.74, 6) is -0.182. The third-order valence-corrected chi connectivity index (χ3v) is 2.01. The highest BCUT2D eigenvalue weighted by atomic mass is 19.1. The van der Waals surface area contributed by atoms with Gasteiger partial charge in [-0.1, -0.05) is 0 Å². The first kappa shape index (κ1) is 13.6. The molecule has 0 spiro atoms. The van der Waals surface area contributed by atoms with Crippen molar-refractivity contribution in [2.75, 3.05) is 37.5 Å². The molecule has 0 aliphatic heterocycles. The highest BCUT2D eigenvalue weighted by Crippen LogP contribution is 2.12. The number of hydrogen-bond acceptors (Lipinski definition) is 6. The third-order valence-electron chi connectivity index (χ3n) is 2.01. The Kier molecular flexibility index (Phi) is 5.58. The maximum Gasteiger partial charge on any atom is 0.224 e. The van der Waals surface area contributed by atoms with Gasteiger partial charge in [0.05, 0.1) is 25.5 Å². The SMILES string of the molecule is CCNc1ncc(F)c(NC(CO)COC)n1. The van der Waals surface area contributed by atoms with Gasteiger partial charge < -0.3 is 20.5 Å². The van der Waals surface area contributed by atoms with Crippen LogP contribution in [0.5, 0.6) is 0 Å². The Morgan fingerprint density at radius 2 is 2.35 bits per heavy atom. The van der Waals surface area contributed by atoms with Crippen LogP contribution in [0.2, 0.25) is 0 Å². The first-order chi connectivity index (χ1) is 8.21. The first-order valence-electron chi connectivity index (χ1n) is 5.34. The molecule has 1 aromatic rings. The summed E-state index contributed by atoms with van der Waals surface area (Å²) in [5.41, 5.74) is 0. The standard InChI is InChI=1S/C10H17FN4O2/c1-3-12-10-13-4-8(11)9(15-10)14-7(5-16)6-17-2/h4,7,16H,3,5-6H2,1-2H3,(H2,12,13,14,15). The molecule has 0 saturated heterocycles. The van der Waals surface area contributed by atoms with E-state index in [-0.39, 0.29) is 19.0 Å². The van der Waals surface area contributed by atoms with Crippen molar-refractivity contribution in [2.24, 2.45) is 0 Å². The van der Waals surface area contributed by atoms with Crippen LogP contribution in [0.4, 0.5) is 16.2 Å². The molecular weight excluding hydrogens is 227 g/mol. The maximum absolute atomic E-state index is 13.4. The lowest BCUT2D eigenvalue weighted by molar-refractivity contribution is 0.153. The normalized spacial score (nSPS) is 12.2. The van der Waals surface area contributed by atoms with E-state index in [1.165, 1.54) is 7.11 Å². The van der Waals surface area contributed by atoms with Crippen LogP contribution in [0.3, 0.4) is 0 Å². The van der Waals surface area contributed by atoms with Gasteiger partial charge >= 0.3 is 0 Å². The molecule has 96 valence electrons. The minimum Gasteiger partial charge on any atom is -0.394 e. The number of rotatable bonds is 7. The molecule has 0 aliphatic carbocycles. The maximum atomic E-state index is 13.4. The molecule has 0 saturated carbocycles. The molecule has 0 fully saturated rings. The highest BCUT2D eigenvalue weighted by molar-refractivity contribution is 5.41. The Bertz CT molecular complexity index is 351. The average Bonchev–Trinajstić information content (AvgIpc) is 2.33. The van der Waals surface area contributed by atoms with Crippen molar-refractivity contribution in [3.8, 4) is 0 Å². The van der Waals surface area contributed by atoms with Gasteiger partial charge in [-0.2, -0.15) is 4.98 Å². The lowest BCUT2D eigenvalue weighted by Crippen LogP contribution is -2.29. The van der Waals surface area contributed by atoms with Gasteiger partial charge in [-0.3, -0.25) is 0 Å². The van der Waals surface area contributed by atoms with Gasteiger partial charge in [0.1, 0.15) is 0 Å². The number of ether oxygens (including phenoxy) is 1. The molecule has 7 heteroatoms. The van der Waals surface area contributed by atoms with E-state index in [0.717, 1.165) is 6.20 Å². The van der Waals surface area contributed by atoms with Crippen LogP contribution in [0.15, 0.2) is 6.20 Å². The summed E-state index contributed by atoms with van der Waals surface area (Å²) >= 11 is 0. The number of aliphatic hydroxyl groups excluding tert-OH is 1.